The smallest absolute Gasteiger partial charge is 0.410 e. The zero-order valence-electron chi connectivity index (χ0n) is 21.1. The number of amides is 3. The molecule has 5 rings (SSSR count). The average Bonchev–Trinajstić information content (AvgIpc) is 3.47. The fraction of sp³-hybridized carbons (Fsp3) is 0.357. The van der Waals surface area contributed by atoms with E-state index in [1.165, 1.54) is 21.6 Å². The maximum atomic E-state index is 13.8. The molecule has 2 fully saturated rings. The van der Waals surface area contributed by atoms with Crippen LogP contribution in [-0.2, 0) is 23.9 Å². The van der Waals surface area contributed by atoms with Gasteiger partial charge >= 0.3 is 12.1 Å². The standard InChI is InChI=1S/C28H29N3O7S/c32-14-21-12-7-13-30(21)28(36)37-15-20-16-39-26-22(29-17-33)25(34)31(26)23(20)27(35)38-24(18-8-3-1-4-9-18)19-10-5-2-6-11-19/h1-6,8-11,17,21-22,24,26,32H,7,12-16H2,(H,29,33)/t21-,22?,26+/m0/s1. The monoisotopic (exact) mass is 551 g/mol. The second-order valence-electron chi connectivity index (χ2n) is 9.46. The molecule has 10 nitrogen and oxygen atoms in total. The summed E-state index contributed by atoms with van der Waals surface area (Å²) in [6.07, 6.45) is 0.608. The normalized spacial score (nSPS) is 22.3. The van der Waals surface area contributed by atoms with E-state index in [1.54, 1.807) is 0 Å². The predicted molar refractivity (Wildman–Crippen MR) is 142 cm³/mol. The van der Waals surface area contributed by atoms with Crippen molar-refractivity contribution >= 4 is 36.1 Å². The molecule has 0 spiro atoms. The Hall–Kier alpha value is -3.83. The van der Waals surface area contributed by atoms with Crippen LogP contribution in [0.5, 0.6) is 0 Å². The van der Waals surface area contributed by atoms with Crippen LogP contribution in [0.25, 0.3) is 0 Å². The third-order valence-corrected chi connectivity index (χ3v) is 8.45. The summed E-state index contributed by atoms with van der Waals surface area (Å²) in [5.41, 5.74) is 1.98. The molecule has 11 heteroatoms. The Balaban J connectivity index is 1.43. The zero-order valence-corrected chi connectivity index (χ0v) is 21.9. The van der Waals surface area contributed by atoms with E-state index in [9.17, 15) is 24.3 Å². The quantitative estimate of drug-likeness (QED) is 0.276. The van der Waals surface area contributed by atoms with E-state index in [1.807, 2.05) is 60.7 Å². The maximum Gasteiger partial charge on any atom is 0.410 e. The number of carbonyl (C=O) groups is 4. The number of fused-ring (bicyclic) bond motifs is 1. The molecule has 0 aliphatic carbocycles. The Morgan fingerprint density at radius 2 is 1.77 bits per heavy atom. The fourth-order valence-electron chi connectivity index (χ4n) is 5.12. The molecular weight excluding hydrogens is 522 g/mol. The summed E-state index contributed by atoms with van der Waals surface area (Å²) in [6.45, 7) is 0.115. The lowest BCUT2D eigenvalue weighted by atomic mass is 10.0. The van der Waals surface area contributed by atoms with Gasteiger partial charge in [-0.1, -0.05) is 60.7 Å². The summed E-state index contributed by atoms with van der Waals surface area (Å²) < 4.78 is 11.6. The molecule has 3 heterocycles. The number of ether oxygens (including phenoxy) is 2. The van der Waals surface area contributed by atoms with Crippen molar-refractivity contribution in [3.05, 3.63) is 83.1 Å². The number of hydrogen-bond acceptors (Lipinski definition) is 8. The van der Waals surface area contributed by atoms with Crippen molar-refractivity contribution in [1.82, 2.24) is 15.1 Å². The summed E-state index contributed by atoms with van der Waals surface area (Å²) in [7, 11) is 0. The minimum atomic E-state index is -0.756. The van der Waals surface area contributed by atoms with Gasteiger partial charge in [-0.15, -0.1) is 11.8 Å². The summed E-state index contributed by atoms with van der Waals surface area (Å²) >= 11 is 1.37. The van der Waals surface area contributed by atoms with Crippen LogP contribution in [0, 0.1) is 0 Å². The number of nitrogens with zero attached hydrogens (tertiary/aromatic N) is 2. The number of benzene rings is 2. The molecule has 3 aliphatic rings. The van der Waals surface area contributed by atoms with Gasteiger partial charge in [-0.2, -0.15) is 0 Å². The van der Waals surface area contributed by atoms with Crippen molar-refractivity contribution in [3.8, 4) is 0 Å². The largest absolute Gasteiger partial charge is 0.448 e. The summed E-state index contributed by atoms with van der Waals surface area (Å²) in [6, 6.07) is 17.5. The summed E-state index contributed by atoms with van der Waals surface area (Å²) in [4.78, 5) is 53.4. The van der Waals surface area contributed by atoms with Crippen molar-refractivity contribution in [2.24, 2.45) is 0 Å². The first-order valence-corrected chi connectivity index (χ1v) is 13.8. The van der Waals surface area contributed by atoms with Gasteiger partial charge in [0, 0.05) is 17.9 Å². The Morgan fingerprint density at radius 3 is 2.38 bits per heavy atom. The van der Waals surface area contributed by atoms with Crippen LogP contribution in [0.15, 0.2) is 71.9 Å². The lowest BCUT2D eigenvalue weighted by molar-refractivity contribution is -0.154. The van der Waals surface area contributed by atoms with Crippen molar-refractivity contribution < 1.29 is 33.8 Å². The Labute approximate surface area is 229 Å². The number of aliphatic hydroxyl groups excluding tert-OH is 1. The Kier molecular flexibility index (Phi) is 8.18. The first-order chi connectivity index (χ1) is 19.0. The van der Waals surface area contributed by atoms with E-state index in [2.05, 4.69) is 5.32 Å². The number of thioether (sulfide) groups is 1. The number of likely N-dealkylation sites (tertiary alicyclic amines) is 1. The van der Waals surface area contributed by atoms with E-state index >= 15 is 0 Å². The molecule has 0 aromatic heterocycles. The molecule has 3 aliphatic heterocycles. The molecule has 3 atom stereocenters. The highest BCUT2D eigenvalue weighted by Gasteiger charge is 2.54. The van der Waals surface area contributed by atoms with Gasteiger partial charge in [-0.05, 0) is 24.0 Å². The number of rotatable bonds is 9. The molecule has 3 amide bonds. The van der Waals surface area contributed by atoms with Gasteiger partial charge in [0.1, 0.15) is 23.7 Å². The molecule has 1 unspecified atom stereocenters. The van der Waals surface area contributed by atoms with Crippen molar-refractivity contribution in [1.29, 1.82) is 0 Å². The SMILES string of the molecule is O=CNC1C(=O)N2C(C(=O)OC(c3ccccc3)c3ccccc3)=C(COC(=O)N3CCC[C@H]3CO)CS[C@H]12. The van der Waals surface area contributed by atoms with Crippen LogP contribution < -0.4 is 5.32 Å². The molecule has 204 valence electrons. The zero-order chi connectivity index (χ0) is 27.4. The Morgan fingerprint density at radius 1 is 1.10 bits per heavy atom. The van der Waals surface area contributed by atoms with E-state index in [0.717, 1.165) is 17.5 Å². The number of aliphatic hydroxyl groups is 1. The predicted octanol–water partition coefficient (Wildman–Crippen LogP) is 2.20. The second kappa shape index (κ2) is 11.9. The van der Waals surface area contributed by atoms with Crippen LogP contribution in [0.2, 0.25) is 0 Å². The molecule has 2 aromatic carbocycles. The molecule has 0 saturated carbocycles. The molecule has 0 radical (unpaired) electrons. The van der Waals surface area contributed by atoms with E-state index in [0.29, 0.717) is 30.7 Å². The van der Waals surface area contributed by atoms with Gasteiger partial charge < -0.3 is 24.8 Å². The molecule has 2 N–H and O–H groups in total. The highest BCUT2D eigenvalue weighted by Crippen LogP contribution is 2.41. The molecule has 2 aromatic rings. The van der Waals surface area contributed by atoms with Crippen molar-refractivity contribution in [2.45, 2.75) is 36.4 Å². The van der Waals surface area contributed by atoms with E-state index in [4.69, 9.17) is 9.47 Å². The van der Waals surface area contributed by atoms with Crippen molar-refractivity contribution in [3.63, 3.8) is 0 Å². The van der Waals surface area contributed by atoms with Gasteiger partial charge in [0.25, 0.3) is 5.91 Å². The number of esters is 1. The minimum Gasteiger partial charge on any atom is -0.448 e. The Bertz CT molecular complexity index is 1220. The molecule has 2 saturated heterocycles. The lowest BCUT2D eigenvalue weighted by Crippen LogP contribution is -2.69. The highest BCUT2D eigenvalue weighted by atomic mass is 32.2. The van der Waals surface area contributed by atoms with Crippen LogP contribution in [-0.4, -0.2) is 82.3 Å². The average molecular weight is 552 g/mol. The van der Waals surface area contributed by atoms with Crippen LogP contribution in [0.3, 0.4) is 0 Å². The first-order valence-electron chi connectivity index (χ1n) is 12.7. The molecule has 39 heavy (non-hydrogen) atoms. The highest BCUT2D eigenvalue weighted by molar-refractivity contribution is 8.00. The third-order valence-electron chi connectivity index (χ3n) is 7.11. The van der Waals surface area contributed by atoms with Crippen LogP contribution in [0.4, 0.5) is 4.79 Å². The molecular formula is C28H29N3O7S. The molecule has 0 bridgehead atoms. The van der Waals surface area contributed by atoms with Crippen LogP contribution >= 0.6 is 11.8 Å². The summed E-state index contributed by atoms with van der Waals surface area (Å²) in [5.74, 6) is -0.865. The topological polar surface area (TPSA) is 125 Å². The van der Waals surface area contributed by atoms with Gasteiger partial charge in [-0.3, -0.25) is 14.5 Å². The third kappa shape index (κ3) is 5.37. The number of carbonyl (C=O) groups excluding carboxylic acids is 4. The maximum absolute atomic E-state index is 13.8. The minimum absolute atomic E-state index is 0.0255. The van der Waals surface area contributed by atoms with Gasteiger partial charge in [0.15, 0.2) is 6.10 Å². The fourth-order valence-corrected chi connectivity index (χ4v) is 6.46. The van der Waals surface area contributed by atoms with Gasteiger partial charge in [-0.25, -0.2) is 9.59 Å². The van der Waals surface area contributed by atoms with Gasteiger partial charge in [0.2, 0.25) is 6.41 Å². The first kappa shape index (κ1) is 26.8. The number of hydrogen-bond donors (Lipinski definition) is 2. The van der Waals surface area contributed by atoms with Gasteiger partial charge in [0.05, 0.1) is 12.6 Å². The lowest BCUT2D eigenvalue weighted by Gasteiger charge is -2.49. The summed E-state index contributed by atoms with van der Waals surface area (Å²) in [5, 5.41) is 11.6. The van der Waals surface area contributed by atoms with E-state index < -0.39 is 35.5 Å². The number of nitrogens with one attached hydrogen (secondary N) is 1. The van der Waals surface area contributed by atoms with Crippen LogP contribution in [0.1, 0.15) is 30.1 Å². The number of β-lactam (4-membered cyclic amide) rings is 1. The van der Waals surface area contributed by atoms with Crippen molar-refractivity contribution in [2.75, 3.05) is 25.5 Å². The van der Waals surface area contributed by atoms with E-state index in [-0.39, 0.29) is 25.0 Å². The second-order valence-corrected chi connectivity index (χ2v) is 10.6.